The summed E-state index contributed by atoms with van der Waals surface area (Å²) in [5, 5.41) is 6.22. The predicted molar refractivity (Wildman–Crippen MR) is 120 cm³/mol. The third-order valence-corrected chi connectivity index (χ3v) is 5.09. The second-order valence-corrected chi connectivity index (χ2v) is 7.56. The minimum atomic E-state index is -0.169. The van der Waals surface area contributed by atoms with Gasteiger partial charge in [0.2, 0.25) is 5.91 Å². The van der Waals surface area contributed by atoms with Gasteiger partial charge in [-0.15, -0.1) is 0 Å². The zero-order valence-electron chi connectivity index (χ0n) is 14.9. The molecule has 0 aliphatic heterocycles. The van der Waals surface area contributed by atoms with Gasteiger partial charge in [-0.3, -0.25) is 4.79 Å². The number of nitrogens with one attached hydrogen (secondary N) is 1. The van der Waals surface area contributed by atoms with Crippen molar-refractivity contribution in [2.75, 3.05) is 0 Å². The van der Waals surface area contributed by atoms with E-state index in [1.165, 1.54) is 9.78 Å². The summed E-state index contributed by atoms with van der Waals surface area (Å²) in [5.74, 6) is 1.18. The number of carbonyl (C=O) groups is 1. The van der Waals surface area contributed by atoms with Crippen molar-refractivity contribution in [3.05, 3.63) is 93.8 Å². The second kappa shape index (κ2) is 8.39. The van der Waals surface area contributed by atoms with Crippen LogP contribution in [0.4, 0.5) is 0 Å². The third-order valence-electron chi connectivity index (χ3n) is 4.37. The summed E-state index contributed by atoms with van der Waals surface area (Å²) in [7, 11) is 0. The molecule has 4 aromatic rings. The van der Waals surface area contributed by atoms with Crippen LogP contribution >= 0.6 is 22.6 Å². The maximum absolute atomic E-state index is 12.2. The molecule has 0 saturated carbocycles. The first-order valence-corrected chi connectivity index (χ1v) is 9.91. The van der Waals surface area contributed by atoms with Crippen LogP contribution in [0.2, 0.25) is 0 Å². The number of amides is 1. The highest BCUT2D eigenvalue weighted by Crippen LogP contribution is 2.22. The lowest BCUT2D eigenvalue weighted by Crippen LogP contribution is -2.19. The van der Waals surface area contributed by atoms with Gasteiger partial charge in [0.05, 0.1) is 12.6 Å². The molecule has 0 aliphatic carbocycles. The van der Waals surface area contributed by atoms with Gasteiger partial charge in [-0.25, -0.2) is 5.43 Å². The van der Waals surface area contributed by atoms with E-state index < -0.39 is 0 Å². The van der Waals surface area contributed by atoms with E-state index in [1.807, 2.05) is 78.9 Å². The first-order valence-electron chi connectivity index (χ1n) is 8.83. The van der Waals surface area contributed by atoms with Gasteiger partial charge in [0, 0.05) is 9.13 Å². The van der Waals surface area contributed by atoms with E-state index in [-0.39, 0.29) is 12.3 Å². The lowest BCUT2D eigenvalue weighted by Gasteiger charge is -2.05. The van der Waals surface area contributed by atoms with E-state index in [9.17, 15) is 4.79 Å². The Morgan fingerprint density at radius 1 is 0.964 bits per heavy atom. The zero-order chi connectivity index (χ0) is 19.3. The highest BCUT2D eigenvalue weighted by atomic mass is 127. The minimum Gasteiger partial charge on any atom is -0.455 e. The van der Waals surface area contributed by atoms with Crippen molar-refractivity contribution in [3.8, 4) is 11.3 Å². The van der Waals surface area contributed by atoms with Crippen molar-refractivity contribution >= 4 is 45.5 Å². The Hall–Kier alpha value is -2.93. The van der Waals surface area contributed by atoms with Crippen molar-refractivity contribution in [1.29, 1.82) is 0 Å². The molecule has 138 valence electrons. The maximum atomic E-state index is 12.2. The van der Waals surface area contributed by atoms with Crippen molar-refractivity contribution in [2.45, 2.75) is 6.42 Å². The fourth-order valence-corrected chi connectivity index (χ4v) is 3.38. The molecule has 4 nitrogen and oxygen atoms in total. The number of fused-ring (bicyclic) bond motifs is 1. The van der Waals surface area contributed by atoms with E-state index in [0.717, 1.165) is 27.7 Å². The molecular weight excluding hydrogens is 463 g/mol. The Bertz CT molecular complexity index is 1140. The highest BCUT2D eigenvalue weighted by molar-refractivity contribution is 14.1. The molecule has 1 N–H and O–H groups in total. The van der Waals surface area contributed by atoms with Crippen molar-refractivity contribution < 1.29 is 9.21 Å². The molecule has 3 aromatic carbocycles. The van der Waals surface area contributed by atoms with Crippen LogP contribution in [0, 0.1) is 3.57 Å². The monoisotopic (exact) mass is 480 g/mol. The molecule has 0 radical (unpaired) electrons. The lowest BCUT2D eigenvalue weighted by atomic mass is 10.0. The molecule has 1 heterocycles. The largest absolute Gasteiger partial charge is 0.455 e. The molecule has 28 heavy (non-hydrogen) atoms. The Balaban J connectivity index is 1.39. The number of hydrogen-bond acceptors (Lipinski definition) is 3. The maximum Gasteiger partial charge on any atom is 0.244 e. The number of furan rings is 1. The van der Waals surface area contributed by atoms with Crippen molar-refractivity contribution in [3.63, 3.8) is 0 Å². The van der Waals surface area contributed by atoms with E-state index in [4.69, 9.17) is 4.42 Å². The molecule has 0 atom stereocenters. The van der Waals surface area contributed by atoms with Crippen LogP contribution < -0.4 is 5.43 Å². The first-order chi connectivity index (χ1) is 13.7. The quantitative estimate of drug-likeness (QED) is 0.236. The van der Waals surface area contributed by atoms with Gasteiger partial charge >= 0.3 is 0 Å². The number of benzene rings is 3. The molecule has 0 spiro atoms. The summed E-state index contributed by atoms with van der Waals surface area (Å²) in [4.78, 5) is 12.2. The summed E-state index contributed by atoms with van der Waals surface area (Å²) in [6, 6.07) is 25.8. The molecule has 0 fully saturated rings. The number of rotatable bonds is 5. The molecule has 0 saturated heterocycles. The lowest BCUT2D eigenvalue weighted by molar-refractivity contribution is -0.120. The van der Waals surface area contributed by atoms with Crippen LogP contribution in [-0.4, -0.2) is 12.1 Å². The minimum absolute atomic E-state index is 0.169. The Labute approximate surface area is 176 Å². The Morgan fingerprint density at radius 2 is 1.75 bits per heavy atom. The van der Waals surface area contributed by atoms with Crippen LogP contribution in [-0.2, 0) is 11.2 Å². The van der Waals surface area contributed by atoms with Crippen LogP contribution in [0.5, 0.6) is 0 Å². The SMILES string of the molecule is O=C(Cc1cccc2ccccc12)N/N=C\c1ccc(-c2ccc(I)cc2)o1. The van der Waals surface area contributed by atoms with Gasteiger partial charge in [0.15, 0.2) is 0 Å². The summed E-state index contributed by atoms with van der Waals surface area (Å²) in [6.45, 7) is 0. The van der Waals surface area contributed by atoms with E-state index >= 15 is 0 Å². The average Bonchev–Trinajstić information content (AvgIpc) is 3.18. The number of hydrogen-bond donors (Lipinski definition) is 1. The fourth-order valence-electron chi connectivity index (χ4n) is 3.02. The van der Waals surface area contributed by atoms with Gasteiger partial charge in [-0.2, -0.15) is 5.10 Å². The fraction of sp³-hybridized carbons (Fsp3) is 0.0435. The molecule has 0 bridgehead atoms. The summed E-state index contributed by atoms with van der Waals surface area (Å²) < 4.78 is 6.93. The van der Waals surface area contributed by atoms with Crippen molar-refractivity contribution in [2.24, 2.45) is 5.10 Å². The molecule has 5 heteroatoms. The van der Waals surface area contributed by atoms with Crippen LogP contribution in [0.25, 0.3) is 22.1 Å². The van der Waals surface area contributed by atoms with E-state index in [0.29, 0.717) is 5.76 Å². The standard InChI is InChI=1S/C23H17IN2O2/c24-19-10-8-17(9-11-19)22-13-12-20(28-22)15-25-26-23(27)14-18-6-3-5-16-4-1-2-7-21(16)18/h1-13,15H,14H2,(H,26,27)/b25-15-. The molecule has 0 aliphatic rings. The third kappa shape index (κ3) is 4.31. The summed E-state index contributed by atoms with van der Waals surface area (Å²) in [6.07, 6.45) is 1.78. The number of carbonyl (C=O) groups excluding carboxylic acids is 1. The van der Waals surface area contributed by atoms with Crippen LogP contribution in [0.1, 0.15) is 11.3 Å². The number of halogens is 1. The normalized spacial score (nSPS) is 11.2. The van der Waals surface area contributed by atoms with Gasteiger partial charge < -0.3 is 4.42 Å². The van der Waals surface area contributed by atoms with Gasteiger partial charge in [0.1, 0.15) is 11.5 Å². The average molecular weight is 480 g/mol. The second-order valence-electron chi connectivity index (χ2n) is 6.32. The smallest absolute Gasteiger partial charge is 0.244 e. The van der Waals surface area contributed by atoms with E-state index in [1.54, 1.807) is 0 Å². The highest BCUT2D eigenvalue weighted by Gasteiger charge is 2.07. The Morgan fingerprint density at radius 3 is 2.61 bits per heavy atom. The van der Waals surface area contributed by atoms with E-state index in [2.05, 4.69) is 33.1 Å². The molecule has 1 amide bonds. The van der Waals surface area contributed by atoms with Gasteiger partial charge in [-0.05, 0) is 63.2 Å². The first kappa shape index (κ1) is 18.4. The van der Waals surface area contributed by atoms with Crippen LogP contribution in [0.15, 0.2) is 88.4 Å². The summed E-state index contributed by atoms with van der Waals surface area (Å²) >= 11 is 2.27. The predicted octanol–water partition coefficient (Wildman–Crippen LogP) is 5.40. The van der Waals surface area contributed by atoms with Gasteiger partial charge in [0.25, 0.3) is 0 Å². The molecule has 1 aromatic heterocycles. The topological polar surface area (TPSA) is 54.6 Å². The van der Waals surface area contributed by atoms with Crippen LogP contribution in [0.3, 0.4) is 0 Å². The number of nitrogens with zero attached hydrogens (tertiary/aromatic N) is 1. The molecule has 4 rings (SSSR count). The van der Waals surface area contributed by atoms with Crippen molar-refractivity contribution in [1.82, 2.24) is 5.43 Å². The molecular formula is C23H17IN2O2. The summed E-state index contributed by atoms with van der Waals surface area (Å²) in [5.41, 5.74) is 4.55. The Kier molecular flexibility index (Phi) is 5.53. The molecule has 0 unspecified atom stereocenters. The van der Waals surface area contributed by atoms with Gasteiger partial charge in [-0.1, -0.05) is 54.6 Å². The zero-order valence-corrected chi connectivity index (χ0v) is 17.1. The number of hydrazone groups is 1.